The number of para-hydroxylation sites is 1. The zero-order valence-corrected chi connectivity index (χ0v) is 16.7. The zero-order chi connectivity index (χ0) is 19.8. The first kappa shape index (κ1) is 18.3. The minimum Gasteiger partial charge on any atom is -0.448 e. The lowest BCUT2D eigenvalue weighted by Gasteiger charge is -2.35. The molecule has 1 atom stereocenters. The number of thiazole rings is 1. The van der Waals surface area contributed by atoms with Crippen molar-refractivity contribution in [1.29, 1.82) is 0 Å². The highest BCUT2D eigenvalue weighted by Crippen LogP contribution is 2.31. The Balaban J connectivity index is 1.24. The molecule has 29 heavy (non-hydrogen) atoms. The van der Waals surface area contributed by atoms with Gasteiger partial charge in [-0.2, -0.15) is 0 Å². The average Bonchev–Trinajstić information content (AvgIpc) is 3.52. The van der Waals surface area contributed by atoms with Gasteiger partial charge in [0, 0.05) is 32.8 Å². The van der Waals surface area contributed by atoms with E-state index < -0.39 is 0 Å². The number of fused-ring (bicyclic) bond motifs is 1. The van der Waals surface area contributed by atoms with Crippen molar-refractivity contribution in [3.63, 3.8) is 0 Å². The minimum absolute atomic E-state index is 0.0470. The number of carbonyl (C=O) groups excluding carboxylic acids is 2. The lowest BCUT2D eigenvalue weighted by atomic mass is 10.2. The molecule has 0 bridgehead atoms. The van der Waals surface area contributed by atoms with Crippen molar-refractivity contribution in [3.8, 4) is 10.8 Å². The smallest absolute Gasteiger partial charge is 0.289 e. The minimum atomic E-state index is -0.307. The van der Waals surface area contributed by atoms with Crippen LogP contribution in [0, 0.1) is 0 Å². The van der Waals surface area contributed by atoms with Crippen molar-refractivity contribution in [2.45, 2.75) is 18.9 Å². The van der Waals surface area contributed by atoms with E-state index in [2.05, 4.69) is 4.98 Å². The molecule has 0 saturated carbocycles. The number of furan rings is 1. The largest absolute Gasteiger partial charge is 0.448 e. The van der Waals surface area contributed by atoms with Crippen molar-refractivity contribution in [2.24, 2.45) is 0 Å². The fourth-order valence-corrected chi connectivity index (χ4v) is 4.73. The van der Waals surface area contributed by atoms with Crippen LogP contribution in [-0.2, 0) is 9.53 Å². The molecule has 2 aromatic heterocycles. The van der Waals surface area contributed by atoms with Gasteiger partial charge in [-0.3, -0.25) is 9.59 Å². The Morgan fingerprint density at radius 1 is 1.03 bits per heavy atom. The molecule has 0 radical (unpaired) electrons. The van der Waals surface area contributed by atoms with Crippen LogP contribution in [0.25, 0.3) is 21.0 Å². The van der Waals surface area contributed by atoms with E-state index in [1.165, 1.54) is 0 Å². The first-order valence-corrected chi connectivity index (χ1v) is 10.7. The molecule has 2 aliphatic heterocycles. The van der Waals surface area contributed by atoms with E-state index >= 15 is 0 Å². The summed E-state index contributed by atoms with van der Waals surface area (Å²) >= 11 is 1.54. The molecule has 3 aromatic rings. The van der Waals surface area contributed by atoms with Crippen molar-refractivity contribution in [3.05, 3.63) is 42.2 Å². The van der Waals surface area contributed by atoms with Gasteiger partial charge in [0.15, 0.2) is 16.5 Å². The molecule has 0 unspecified atom stereocenters. The van der Waals surface area contributed by atoms with Crippen molar-refractivity contribution < 1.29 is 18.7 Å². The number of amides is 2. The second-order valence-electron chi connectivity index (χ2n) is 7.27. The van der Waals surface area contributed by atoms with E-state index in [1.54, 1.807) is 33.3 Å². The SMILES string of the molecule is O=C(c1ccc(-c2nc3ccccc3s2)o1)N1CCN(C(=O)[C@@H]2CCCO2)CC1. The summed E-state index contributed by atoms with van der Waals surface area (Å²) in [6, 6.07) is 11.4. The van der Waals surface area contributed by atoms with Gasteiger partial charge in [0.05, 0.1) is 10.2 Å². The molecule has 7 nitrogen and oxygen atoms in total. The monoisotopic (exact) mass is 411 g/mol. The molecule has 4 heterocycles. The molecule has 5 rings (SSSR count). The quantitative estimate of drug-likeness (QED) is 0.662. The van der Waals surface area contributed by atoms with Gasteiger partial charge in [-0.15, -0.1) is 11.3 Å². The fraction of sp³-hybridized carbons (Fsp3) is 0.381. The van der Waals surface area contributed by atoms with Gasteiger partial charge in [-0.1, -0.05) is 12.1 Å². The maximum absolute atomic E-state index is 12.8. The first-order valence-electron chi connectivity index (χ1n) is 9.84. The highest BCUT2D eigenvalue weighted by Gasteiger charge is 2.32. The van der Waals surface area contributed by atoms with E-state index in [1.807, 2.05) is 24.3 Å². The number of benzene rings is 1. The van der Waals surface area contributed by atoms with Crippen LogP contribution in [0.2, 0.25) is 0 Å². The van der Waals surface area contributed by atoms with Crippen LogP contribution in [0.3, 0.4) is 0 Å². The van der Waals surface area contributed by atoms with Crippen LogP contribution in [-0.4, -0.2) is 65.5 Å². The predicted octanol–water partition coefficient (Wildman–Crippen LogP) is 3.02. The number of carbonyl (C=O) groups is 2. The number of hydrogen-bond donors (Lipinski definition) is 0. The van der Waals surface area contributed by atoms with Crippen molar-refractivity contribution in [2.75, 3.05) is 32.8 Å². The van der Waals surface area contributed by atoms with Gasteiger partial charge in [-0.05, 0) is 37.1 Å². The number of rotatable bonds is 3. The van der Waals surface area contributed by atoms with E-state index in [-0.39, 0.29) is 17.9 Å². The van der Waals surface area contributed by atoms with Gasteiger partial charge in [0.1, 0.15) is 6.10 Å². The molecule has 2 aliphatic rings. The maximum atomic E-state index is 12.8. The Kier molecular flexibility index (Phi) is 4.81. The summed E-state index contributed by atoms with van der Waals surface area (Å²) in [5, 5.41) is 0.761. The van der Waals surface area contributed by atoms with Gasteiger partial charge in [-0.25, -0.2) is 4.98 Å². The number of aromatic nitrogens is 1. The highest BCUT2D eigenvalue weighted by molar-refractivity contribution is 7.21. The third kappa shape index (κ3) is 3.54. The molecule has 2 saturated heterocycles. The van der Waals surface area contributed by atoms with E-state index in [9.17, 15) is 9.59 Å². The lowest BCUT2D eigenvalue weighted by molar-refractivity contribution is -0.142. The Bertz CT molecular complexity index is 1010. The van der Waals surface area contributed by atoms with Crippen LogP contribution in [0.15, 0.2) is 40.8 Å². The van der Waals surface area contributed by atoms with Gasteiger partial charge < -0.3 is 19.0 Å². The van der Waals surface area contributed by atoms with Crippen LogP contribution in [0.5, 0.6) is 0 Å². The highest BCUT2D eigenvalue weighted by atomic mass is 32.1. The third-order valence-corrected chi connectivity index (χ3v) is 6.46. The normalized spacial score (nSPS) is 19.8. The van der Waals surface area contributed by atoms with Gasteiger partial charge in [0.25, 0.3) is 11.8 Å². The van der Waals surface area contributed by atoms with Crippen molar-refractivity contribution in [1.82, 2.24) is 14.8 Å². The lowest BCUT2D eigenvalue weighted by Crippen LogP contribution is -2.52. The molecule has 0 aliphatic carbocycles. The maximum Gasteiger partial charge on any atom is 0.289 e. The summed E-state index contributed by atoms with van der Waals surface area (Å²) in [6.07, 6.45) is 1.42. The summed E-state index contributed by atoms with van der Waals surface area (Å²) in [5.41, 5.74) is 0.920. The molecular weight excluding hydrogens is 390 g/mol. The topological polar surface area (TPSA) is 75.9 Å². The first-order chi connectivity index (χ1) is 14.2. The Morgan fingerprint density at radius 3 is 2.59 bits per heavy atom. The summed E-state index contributed by atoms with van der Waals surface area (Å²) in [4.78, 5) is 33.4. The molecule has 0 N–H and O–H groups in total. The van der Waals surface area contributed by atoms with Crippen LogP contribution in [0.1, 0.15) is 23.4 Å². The van der Waals surface area contributed by atoms with Crippen LogP contribution in [0.4, 0.5) is 0 Å². The molecular formula is C21H21N3O4S. The predicted molar refractivity (Wildman–Crippen MR) is 109 cm³/mol. The second-order valence-corrected chi connectivity index (χ2v) is 8.30. The fourth-order valence-electron chi connectivity index (χ4n) is 3.81. The third-order valence-electron chi connectivity index (χ3n) is 5.41. The zero-order valence-electron chi connectivity index (χ0n) is 15.9. The molecule has 8 heteroatoms. The second kappa shape index (κ2) is 7.61. The van der Waals surface area contributed by atoms with Gasteiger partial charge in [0.2, 0.25) is 0 Å². The molecule has 2 amide bonds. The summed E-state index contributed by atoms with van der Waals surface area (Å²) in [5.74, 6) is 0.798. The van der Waals surface area contributed by atoms with Gasteiger partial charge >= 0.3 is 0 Å². The molecule has 1 aromatic carbocycles. The Hall–Kier alpha value is -2.71. The Labute approximate surface area is 171 Å². The Morgan fingerprint density at radius 2 is 1.83 bits per heavy atom. The van der Waals surface area contributed by atoms with Crippen molar-refractivity contribution >= 4 is 33.4 Å². The number of hydrogen-bond acceptors (Lipinski definition) is 6. The van der Waals surface area contributed by atoms with E-state index in [4.69, 9.17) is 9.15 Å². The standard InChI is InChI=1S/C21H21N3O4S/c25-20(16-5-3-13-27-16)23-9-11-24(12-10-23)21(26)17-8-7-15(28-17)19-22-14-4-1-2-6-18(14)29-19/h1-2,4,6-8,16H,3,5,9-13H2/t16-/m0/s1. The number of ether oxygens (including phenoxy) is 1. The molecule has 2 fully saturated rings. The number of piperazine rings is 1. The average molecular weight is 411 g/mol. The van der Waals surface area contributed by atoms with Crippen LogP contribution >= 0.6 is 11.3 Å². The summed E-state index contributed by atoms with van der Waals surface area (Å²) in [7, 11) is 0. The van der Waals surface area contributed by atoms with E-state index in [0.717, 1.165) is 28.1 Å². The van der Waals surface area contributed by atoms with E-state index in [0.29, 0.717) is 44.3 Å². The van der Waals surface area contributed by atoms with Crippen LogP contribution < -0.4 is 0 Å². The number of nitrogens with zero attached hydrogens (tertiary/aromatic N) is 3. The summed E-state index contributed by atoms with van der Waals surface area (Å²) < 4.78 is 12.4. The molecule has 0 spiro atoms. The summed E-state index contributed by atoms with van der Waals surface area (Å²) in [6.45, 7) is 2.69. The molecule has 150 valence electrons.